The molecule has 2 N–H and O–H groups in total. The molecule has 0 atom stereocenters. The van der Waals surface area contributed by atoms with E-state index < -0.39 is 5.91 Å². The molecule has 148 valence electrons. The summed E-state index contributed by atoms with van der Waals surface area (Å²) < 4.78 is 0. The number of oxime groups is 1. The molecule has 0 aliphatic carbocycles. The summed E-state index contributed by atoms with van der Waals surface area (Å²) in [5, 5.41) is 11.5. The predicted molar refractivity (Wildman–Crippen MR) is 115 cm³/mol. The van der Waals surface area contributed by atoms with E-state index in [0.29, 0.717) is 23.5 Å². The minimum Gasteiger partial charge on any atom is -0.385 e. The van der Waals surface area contributed by atoms with Gasteiger partial charge in [-0.15, -0.1) is 11.3 Å². The summed E-state index contributed by atoms with van der Waals surface area (Å²) in [6, 6.07) is 20.3. The topological polar surface area (TPSA) is 79.8 Å². The van der Waals surface area contributed by atoms with Gasteiger partial charge in [0.15, 0.2) is 6.61 Å². The highest BCUT2D eigenvalue weighted by Gasteiger charge is 2.13. The summed E-state index contributed by atoms with van der Waals surface area (Å²) in [5.41, 5.74) is 2.50. The van der Waals surface area contributed by atoms with Gasteiger partial charge >= 0.3 is 0 Å². The fourth-order valence-electron chi connectivity index (χ4n) is 2.57. The van der Waals surface area contributed by atoms with Gasteiger partial charge < -0.3 is 15.5 Å². The zero-order valence-electron chi connectivity index (χ0n) is 15.9. The van der Waals surface area contributed by atoms with Crippen molar-refractivity contribution in [1.82, 2.24) is 5.32 Å². The van der Waals surface area contributed by atoms with Crippen molar-refractivity contribution in [2.75, 3.05) is 11.9 Å². The smallest absolute Gasteiger partial charge is 0.265 e. The molecule has 3 aromatic rings. The third-order valence-corrected chi connectivity index (χ3v) is 5.00. The molecule has 0 saturated carbocycles. The van der Waals surface area contributed by atoms with E-state index in [1.165, 1.54) is 0 Å². The Balaban J connectivity index is 1.56. The number of para-hydroxylation sites is 1. The minimum atomic E-state index is -0.393. The molecule has 1 heterocycles. The molecular formula is C22H21N3O3S. The van der Waals surface area contributed by atoms with Crippen molar-refractivity contribution >= 4 is 34.6 Å². The van der Waals surface area contributed by atoms with Crippen molar-refractivity contribution in [3.05, 3.63) is 88.1 Å². The van der Waals surface area contributed by atoms with Crippen molar-refractivity contribution < 1.29 is 14.4 Å². The van der Waals surface area contributed by atoms with Gasteiger partial charge in [0.1, 0.15) is 0 Å². The Hall–Kier alpha value is -3.45. The largest absolute Gasteiger partial charge is 0.385 e. The van der Waals surface area contributed by atoms with Gasteiger partial charge in [0.2, 0.25) is 0 Å². The van der Waals surface area contributed by atoms with Crippen LogP contribution in [0.15, 0.2) is 77.3 Å². The van der Waals surface area contributed by atoms with Gasteiger partial charge in [-0.1, -0.05) is 53.7 Å². The summed E-state index contributed by atoms with van der Waals surface area (Å²) in [7, 11) is 0. The second-order valence-corrected chi connectivity index (χ2v) is 7.14. The summed E-state index contributed by atoms with van der Waals surface area (Å²) >= 11 is 1.54. The number of hydrogen-bond acceptors (Lipinski definition) is 5. The highest BCUT2D eigenvalue weighted by atomic mass is 32.1. The number of carbonyl (C=O) groups excluding carboxylic acids is 2. The van der Waals surface area contributed by atoms with Gasteiger partial charge in [-0.25, -0.2) is 0 Å². The normalized spacial score (nSPS) is 11.0. The summed E-state index contributed by atoms with van der Waals surface area (Å²) in [6.45, 7) is 1.97. The SMILES string of the molecule is C/C(=N\OCC(=O)Nc1ccccc1C(=O)NCc1ccccc1)c1cccs1. The molecule has 2 aromatic carbocycles. The lowest BCUT2D eigenvalue weighted by Crippen LogP contribution is -2.25. The lowest BCUT2D eigenvalue weighted by atomic mass is 10.1. The van der Waals surface area contributed by atoms with Crippen LogP contribution in [0.5, 0.6) is 0 Å². The first-order valence-electron chi connectivity index (χ1n) is 9.05. The van der Waals surface area contributed by atoms with E-state index in [9.17, 15) is 9.59 Å². The van der Waals surface area contributed by atoms with Gasteiger partial charge in [-0.2, -0.15) is 0 Å². The number of benzene rings is 2. The highest BCUT2D eigenvalue weighted by molar-refractivity contribution is 7.12. The van der Waals surface area contributed by atoms with Gasteiger partial charge in [-0.3, -0.25) is 9.59 Å². The fraction of sp³-hybridized carbons (Fsp3) is 0.136. The Bertz CT molecular complexity index is 986. The number of carbonyl (C=O) groups is 2. The minimum absolute atomic E-state index is 0.247. The summed E-state index contributed by atoms with van der Waals surface area (Å²) in [4.78, 5) is 30.9. The molecule has 0 bridgehead atoms. The number of rotatable bonds is 8. The van der Waals surface area contributed by atoms with E-state index in [2.05, 4.69) is 15.8 Å². The first-order valence-corrected chi connectivity index (χ1v) is 9.93. The van der Waals surface area contributed by atoms with Crippen molar-refractivity contribution in [3.63, 3.8) is 0 Å². The van der Waals surface area contributed by atoms with Crippen molar-refractivity contribution in [2.24, 2.45) is 5.16 Å². The van der Waals surface area contributed by atoms with Crippen LogP contribution in [-0.2, 0) is 16.2 Å². The molecule has 7 heteroatoms. The summed E-state index contributed by atoms with van der Waals surface area (Å²) in [6.07, 6.45) is 0. The Morgan fingerprint density at radius 2 is 1.76 bits per heavy atom. The lowest BCUT2D eigenvalue weighted by molar-refractivity contribution is -0.120. The number of thiophene rings is 1. The third-order valence-electron chi connectivity index (χ3n) is 4.02. The standard InChI is InChI=1S/C22H21N3O3S/c1-16(20-12-7-13-29-20)25-28-15-21(26)24-19-11-6-5-10-18(19)22(27)23-14-17-8-3-2-4-9-17/h2-13H,14-15H2,1H3,(H,23,27)(H,24,26)/b25-16+. The number of hydrogen-bond donors (Lipinski definition) is 2. The Morgan fingerprint density at radius 3 is 2.52 bits per heavy atom. The van der Waals surface area contributed by atoms with Crippen LogP contribution in [-0.4, -0.2) is 24.1 Å². The van der Waals surface area contributed by atoms with E-state index in [0.717, 1.165) is 10.4 Å². The number of amides is 2. The molecule has 29 heavy (non-hydrogen) atoms. The van der Waals surface area contributed by atoms with Crippen LogP contribution < -0.4 is 10.6 Å². The Morgan fingerprint density at radius 1 is 1.00 bits per heavy atom. The van der Waals surface area contributed by atoms with Gasteiger partial charge in [0.05, 0.1) is 21.8 Å². The van der Waals surface area contributed by atoms with Gasteiger partial charge in [0.25, 0.3) is 11.8 Å². The van der Waals surface area contributed by atoms with Crippen LogP contribution in [0.4, 0.5) is 5.69 Å². The molecule has 0 aliphatic rings. The summed E-state index contributed by atoms with van der Waals surface area (Å²) in [5.74, 6) is -0.659. The van der Waals surface area contributed by atoms with Crippen molar-refractivity contribution in [3.8, 4) is 0 Å². The van der Waals surface area contributed by atoms with E-state index in [4.69, 9.17) is 4.84 Å². The van der Waals surface area contributed by atoms with Crippen molar-refractivity contribution in [2.45, 2.75) is 13.5 Å². The monoisotopic (exact) mass is 407 g/mol. The first-order chi connectivity index (χ1) is 14.1. The zero-order valence-corrected chi connectivity index (χ0v) is 16.7. The zero-order chi connectivity index (χ0) is 20.5. The quantitative estimate of drug-likeness (QED) is 0.437. The number of anilines is 1. The number of nitrogens with one attached hydrogen (secondary N) is 2. The van der Waals surface area contributed by atoms with Gasteiger partial charge in [0, 0.05) is 6.54 Å². The second kappa shape index (κ2) is 10.2. The van der Waals surface area contributed by atoms with E-state index in [-0.39, 0.29) is 12.5 Å². The van der Waals surface area contributed by atoms with Gasteiger partial charge in [-0.05, 0) is 36.1 Å². The van der Waals surface area contributed by atoms with E-state index >= 15 is 0 Å². The van der Waals surface area contributed by atoms with Crippen LogP contribution in [0.1, 0.15) is 27.7 Å². The number of nitrogens with zero attached hydrogens (tertiary/aromatic N) is 1. The van der Waals surface area contributed by atoms with Crippen LogP contribution >= 0.6 is 11.3 Å². The first kappa shape index (κ1) is 20.3. The lowest BCUT2D eigenvalue weighted by Gasteiger charge is -2.11. The molecular weight excluding hydrogens is 386 g/mol. The molecule has 0 spiro atoms. The Labute approximate surface area is 173 Å². The molecule has 0 fully saturated rings. The average Bonchev–Trinajstić information content (AvgIpc) is 3.28. The molecule has 0 saturated heterocycles. The van der Waals surface area contributed by atoms with E-state index in [1.54, 1.807) is 35.6 Å². The molecule has 0 radical (unpaired) electrons. The van der Waals surface area contributed by atoms with Crippen LogP contribution in [0.3, 0.4) is 0 Å². The maximum Gasteiger partial charge on any atom is 0.265 e. The van der Waals surface area contributed by atoms with Crippen molar-refractivity contribution in [1.29, 1.82) is 0 Å². The molecule has 3 rings (SSSR count). The molecule has 2 amide bonds. The van der Waals surface area contributed by atoms with Crippen LogP contribution in [0, 0.1) is 0 Å². The fourth-order valence-corrected chi connectivity index (χ4v) is 3.24. The molecule has 6 nitrogen and oxygen atoms in total. The Kier molecular flexibility index (Phi) is 7.13. The molecule has 0 aliphatic heterocycles. The second-order valence-electron chi connectivity index (χ2n) is 6.19. The third kappa shape index (κ3) is 6.02. The van der Waals surface area contributed by atoms with Crippen LogP contribution in [0.25, 0.3) is 0 Å². The van der Waals surface area contributed by atoms with E-state index in [1.807, 2.05) is 54.8 Å². The van der Waals surface area contributed by atoms with Crippen LogP contribution in [0.2, 0.25) is 0 Å². The maximum atomic E-state index is 12.5. The predicted octanol–water partition coefficient (Wildman–Crippen LogP) is 4.06. The molecule has 0 unspecified atom stereocenters. The average molecular weight is 407 g/mol. The maximum absolute atomic E-state index is 12.5. The molecule has 1 aromatic heterocycles. The highest BCUT2D eigenvalue weighted by Crippen LogP contribution is 2.15.